The molecule has 7 heteroatoms. The number of carboxylic acid groups (broad SMARTS) is 1. The summed E-state index contributed by atoms with van der Waals surface area (Å²) in [6.45, 7) is 11.5. The van der Waals surface area contributed by atoms with Gasteiger partial charge in [-0.15, -0.1) is 0 Å². The molecule has 2 N–H and O–H groups in total. The first-order valence-corrected chi connectivity index (χ1v) is 8.73. The molecule has 5 nitrogen and oxygen atoms in total. The highest BCUT2D eigenvalue weighted by atomic mass is 33.1. The Balaban J connectivity index is 4.35. The van der Waals surface area contributed by atoms with Gasteiger partial charge in [-0.3, -0.25) is 4.79 Å². The van der Waals surface area contributed by atoms with Gasteiger partial charge in [-0.2, -0.15) is 0 Å². The van der Waals surface area contributed by atoms with Crippen LogP contribution >= 0.6 is 21.6 Å². The van der Waals surface area contributed by atoms with Crippen LogP contribution in [0.1, 0.15) is 48.0 Å². The molecule has 1 amide bonds. The van der Waals surface area contributed by atoms with Gasteiger partial charge in [-0.1, -0.05) is 42.4 Å². The van der Waals surface area contributed by atoms with Crippen LogP contribution in [0.5, 0.6) is 0 Å². The molecular formula is C13H25NO4S2. The fraction of sp³-hybridized carbons (Fsp3) is 0.846. The van der Waals surface area contributed by atoms with E-state index < -0.39 is 23.7 Å². The lowest BCUT2D eigenvalue weighted by Gasteiger charge is -2.23. The molecule has 0 aromatic rings. The first-order valence-electron chi connectivity index (χ1n) is 6.41. The van der Waals surface area contributed by atoms with E-state index in [4.69, 9.17) is 9.84 Å². The number of hydrogen-bond acceptors (Lipinski definition) is 5. The van der Waals surface area contributed by atoms with Crippen LogP contribution in [0.15, 0.2) is 0 Å². The fourth-order valence-corrected chi connectivity index (χ4v) is 3.67. The van der Waals surface area contributed by atoms with Crippen LogP contribution in [0.4, 0.5) is 4.79 Å². The molecule has 0 aromatic heterocycles. The molecule has 0 aliphatic heterocycles. The third-order valence-electron chi connectivity index (χ3n) is 1.72. The first-order chi connectivity index (χ1) is 8.89. The summed E-state index contributed by atoms with van der Waals surface area (Å²) >= 11 is 0. The van der Waals surface area contributed by atoms with Gasteiger partial charge in [0.1, 0.15) is 5.60 Å². The second kappa shape index (κ2) is 8.02. The Labute approximate surface area is 129 Å². The van der Waals surface area contributed by atoms with Crippen LogP contribution in [-0.2, 0) is 9.53 Å². The Morgan fingerprint density at radius 3 is 2.15 bits per heavy atom. The monoisotopic (exact) mass is 323 g/mol. The Morgan fingerprint density at radius 1 is 1.20 bits per heavy atom. The lowest BCUT2D eigenvalue weighted by Crippen LogP contribution is -2.41. The SMILES string of the molecule is CC(C)(C)OC(=O)NC(CSSC(C)(C)C)CC(=O)O. The highest BCUT2D eigenvalue weighted by Gasteiger charge is 2.22. The fourth-order valence-electron chi connectivity index (χ4n) is 1.13. The molecule has 0 saturated heterocycles. The third kappa shape index (κ3) is 12.5. The molecule has 0 aromatic carbocycles. The molecule has 0 rings (SSSR count). The van der Waals surface area contributed by atoms with Crippen molar-refractivity contribution < 1.29 is 19.4 Å². The zero-order valence-corrected chi connectivity index (χ0v) is 14.6. The van der Waals surface area contributed by atoms with Crippen LogP contribution in [0.2, 0.25) is 0 Å². The maximum Gasteiger partial charge on any atom is 0.407 e. The van der Waals surface area contributed by atoms with Gasteiger partial charge in [0.2, 0.25) is 0 Å². The van der Waals surface area contributed by atoms with Gasteiger partial charge in [-0.05, 0) is 20.8 Å². The highest BCUT2D eigenvalue weighted by molar-refractivity contribution is 8.77. The maximum atomic E-state index is 11.7. The molecule has 0 aliphatic carbocycles. The number of carbonyl (C=O) groups excluding carboxylic acids is 1. The van der Waals surface area contributed by atoms with Gasteiger partial charge in [-0.25, -0.2) is 4.79 Å². The average Bonchev–Trinajstić information content (AvgIpc) is 2.10. The molecular weight excluding hydrogens is 298 g/mol. The van der Waals surface area contributed by atoms with Crippen LogP contribution in [0.25, 0.3) is 0 Å². The van der Waals surface area contributed by atoms with Crippen LogP contribution in [0.3, 0.4) is 0 Å². The molecule has 0 fully saturated rings. The maximum absolute atomic E-state index is 11.7. The summed E-state index contributed by atoms with van der Waals surface area (Å²) in [7, 11) is 3.21. The Hall–Kier alpha value is -0.560. The van der Waals surface area contributed by atoms with E-state index in [1.54, 1.807) is 42.4 Å². The lowest BCUT2D eigenvalue weighted by atomic mass is 10.2. The molecule has 0 bridgehead atoms. The smallest absolute Gasteiger partial charge is 0.407 e. The Kier molecular flexibility index (Phi) is 7.80. The minimum Gasteiger partial charge on any atom is -0.481 e. The van der Waals surface area contributed by atoms with Gasteiger partial charge in [0, 0.05) is 10.5 Å². The van der Waals surface area contributed by atoms with Crippen LogP contribution < -0.4 is 5.32 Å². The van der Waals surface area contributed by atoms with Crippen molar-refractivity contribution in [3.63, 3.8) is 0 Å². The number of carbonyl (C=O) groups is 2. The number of hydrogen-bond donors (Lipinski definition) is 2. The zero-order chi connectivity index (χ0) is 16.0. The first kappa shape index (κ1) is 19.4. The van der Waals surface area contributed by atoms with Gasteiger partial charge >= 0.3 is 12.1 Å². The van der Waals surface area contributed by atoms with E-state index in [-0.39, 0.29) is 11.2 Å². The molecule has 1 unspecified atom stereocenters. The van der Waals surface area contributed by atoms with Crippen molar-refractivity contribution in [1.82, 2.24) is 5.32 Å². The standard InChI is InChI=1S/C13H25NO4S2/c1-12(2,3)18-11(17)14-9(7-10(15)16)8-19-20-13(4,5)6/h9H,7-8H2,1-6H3,(H,14,17)(H,15,16). The van der Waals surface area contributed by atoms with Gasteiger partial charge in [0.05, 0.1) is 12.5 Å². The molecule has 0 radical (unpaired) electrons. The number of amides is 1. The summed E-state index contributed by atoms with van der Waals surface area (Å²) in [4.78, 5) is 22.5. The number of alkyl carbamates (subject to hydrolysis) is 1. The van der Waals surface area contributed by atoms with E-state index in [0.717, 1.165) is 0 Å². The predicted molar refractivity (Wildman–Crippen MR) is 85.2 cm³/mol. The average molecular weight is 323 g/mol. The van der Waals surface area contributed by atoms with Gasteiger partial charge in [0.15, 0.2) is 0 Å². The minimum absolute atomic E-state index is 0.0877. The molecule has 20 heavy (non-hydrogen) atoms. The summed E-state index contributed by atoms with van der Waals surface area (Å²) < 4.78 is 5.23. The highest BCUT2D eigenvalue weighted by Crippen LogP contribution is 2.35. The number of carboxylic acids is 1. The van der Waals surface area contributed by atoms with Crippen LogP contribution in [-0.4, -0.2) is 39.3 Å². The molecule has 0 spiro atoms. The summed E-state index contributed by atoms with van der Waals surface area (Å²) in [6, 6.07) is -0.442. The summed E-state index contributed by atoms with van der Waals surface area (Å²) in [5.74, 6) is -0.416. The van der Waals surface area contributed by atoms with Gasteiger partial charge in [0.25, 0.3) is 0 Å². The van der Waals surface area contributed by atoms with E-state index in [0.29, 0.717) is 5.75 Å². The minimum atomic E-state index is -0.938. The van der Waals surface area contributed by atoms with Crippen molar-refractivity contribution in [3.8, 4) is 0 Å². The molecule has 0 aliphatic rings. The number of ether oxygens (including phenoxy) is 1. The van der Waals surface area contributed by atoms with E-state index in [1.807, 2.05) is 0 Å². The van der Waals surface area contributed by atoms with Gasteiger partial charge < -0.3 is 15.2 Å². The topological polar surface area (TPSA) is 75.6 Å². The number of rotatable bonds is 6. The molecule has 118 valence electrons. The van der Waals surface area contributed by atoms with E-state index in [1.165, 1.54) is 0 Å². The third-order valence-corrected chi connectivity index (χ3v) is 5.14. The van der Waals surface area contributed by atoms with Crippen LogP contribution in [0, 0.1) is 0 Å². The normalized spacial score (nSPS) is 13.7. The lowest BCUT2D eigenvalue weighted by molar-refractivity contribution is -0.137. The van der Waals surface area contributed by atoms with Crippen molar-refractivity contribution >= 4 is 33.7 Å². The quantitative estimate of drug-likeness (QED) is 0.728. The van der Waals surface area contributed by atoms with Crippen molar-refractivity contribution in [3.05, 3.63) is 0 Å². The zero-order valence-electron chi connectivity index (χ0n) is 13.0. The largest absolute Gasteiger partial charge is 0.481 e. The molecule has 0 saturated carbocycles. The van der Waals surface area contributed by atoms with E-state index in [9.17, 15) is 9.59 Å². The molecule has 0 heterocycles. The molecule has 1 atom stereocenters. The summed E-state index contributed by atoms with van der Waals surface area (Å²) in [5.41, 5.74) is -0.592. The van der Waals surface area contributed by atoms with Crippen molar-refractivity contribution in [2.45, 2.75) is 64.4 Å². The van der Waals surface area contributed by atoms with Crippen molar-refractivity contribution in [2.24, 2.45) is 0 Å². The van der Waals surface area contributed by atoms with E-state index in [2.05, 4.69) is 26.1 Å². The summed E-state index contributed by atoms with van der Waals surface area (Å²) in [5, 5.41) is 11.5. The second-order valence-corrected chi connectivity index (χ2v) is 9.59. The summed E-state index contributed by atoms with van der Waals surface area (Å²) in [6.07, 6.45) is -0.693. The van der Waals surface area contributed by atoms with Crippen molar-refractivity contribution in [2.75, 3.05) is 5.75 Å². The predicted octanol–water partition coefficient (Wildman–Crippen LogP) is 3.53. The van der Waals surface area contributed by atoms with E-state index >= 15 is 0 Å². The number of nitrogens with one attached hydrogen (secondary N) is 1. The second-order valence-electron chi connectivity index (χ2n) is 6.42. The van der Waals surface area contributed by atoms with Crippen molar-refractivity contribution in [1.29, 1.82) is 0 Å². The Bertz CT molecular complexity index is 334. The Morgan fingerprint density at radius 2 is 1.75 bits per heavy atom. The number of aliphatic carboxylic acids is 1.